The fourth-order valence-corrected chi connectivity index (χ4v) is 3.32. The molecular weight excluding hydrogens is 174 g/mol. The second-order valence-corrected chi connectivity index (χ2v) is 6.52. The summed E-state index contributed by atoms with van der Waals surface area (Å²) in [7, 11) is 3.38. The van der Waals surface area contributed by atoms with Crippen LogP contribution in [0.5, 0.6) is 0 Å². The fraction of sp³-hybridized carbons (Fsp3) is 1.00. The molecule has 0 aliphatic rings. The molecule has 0 aliphatic heterocycles. The molecule has 0 aromatic carbocycles. The third-order valence-electron chi connectivity index (χ3n) is 4.03. The first-order valence-corrected chi connectivity index (χ1v) is 6.67. The summed E-state index contributed by atoms with van der Waals surface area (Å²) < 4.78 is 0. The van der Waals surface area contributed by atoms with Gasteiger partial charge in [-0.15, -0.1) is 0 Å². The number of hydrogen-bond acceptors (Lipinski definition) is 1. The Labute approximate surface area is 87.1 Å². The van der Waals surface area contributed by atoms with E-state index < -0.39 is 0 Å². The molecule has 0 spiro atoms. The predicted octanol–water partition coefficient (Wildman–Crippen LogP) is 1.82. The molecule has 0 amide bonds. The van der Waals surface area contributed by atoms with Gasteiger partial charge in [-0.1, -0.05) is 40.5 Å². The Bertz CT molecular complexity index is 126. The summed E-state index contributed by atoms with van der Waals surface area (Å²) in [5, 5.41) is 3.97. The lowest BCUT2D eigenvalue weighted by atomic mass is 9.79. The third-order valence-corrected chi connectivity index (χ3v) is 6.36. The zero-order chi connectivity index (χ0) is 10.5. The Morgan fingerprint density at radius 3 is 1.77 bits per heavy atom. The van der Waals surface area contributed by atoms with Gasteiger partial charge in [0.25, 0.3) is 0 Å². The quantitative estimate of drug-likeness (QED) is 0.647. The first kappa shape index (κ1) is 13.2. The minimum Gasteiger partial charge on any atom is -0.319 e. The van der Waals surface area contributed by atoms with Crippen LogP contribution < -0.4 is 5.32 Å². The van der Waals surface area contributed by atoms with E-state index in [1.807, 2.05) is 0 Å². The van der Waals surface area contributed by atoms with Crippen LogP contribution >= 0.6 is 0 Å². The molecule has 0 heterocycles. The van der Waals surface area contributed by atoms with Crippen LogP contribution in [-0.2, 0) is 0 Å². The lowest BCUT2D eigenvalue weighted by Crippen LogP contribution is -2.37. The molecule has 0 fully saturated rings. The second kappa shape index (κ2) is 5.81. The van der Waals surface area contributed by atoms with E-state index in [0.29, 0.717) is 5.04 Å². The summed E-state index contributed by atoms with van der Waals surface area (Å²) in [6.07, 6.45) is 2.63. The molecule has 0 saturated carbocycles. The number of nitrogens with one attached hydrogen (secondary N) is 1. The molecule has 0 aromatic rings. The topological polar surface area (TPSA) is 12.0 Å². The van der Waals surface area contributed by atoms with Gasteiger partial charge >= 0.3 is 0 Å². The highest BCUT2D eigenvalue weighted by Crippen LogP contribution is 2.42. The van der Waals surface area contributed by atoms with Gasteiger partial charge in [0.2, 0.25) is 0 Å². The minimum atomic E-state index is 0.595. The van der Waals surface area contributed by atoms with E-state index in [9.17, 15) is 0 Å². The van der Waals surface area contributed by atoms with Crippen molar-refractivity contribution in [3.05, 3.63) is 0 Å². The van der Waals surface area contributed by atoms with Crippen molar-refractivity contribution in [2.24, 2.45) is 11.8 Å². The van der Waals surface area contributed by atoms with Crippen LogP contribution in [0.4, 0.5) is 0 Å². The Morgan fingerprint density at radius 2 is 1.54 bits per heavy atom. The van der Waals surface area contributed by atoms with Gasteiger partial charge in [0, 0.05) is 10.2 Å². The molecule has 2 atom stereocenters. The third kappa shape index (κ3) is 3.10. The summed E-state index contributed by atoms with van der Waals surface area (Å²) in [5.74, 6) is 1.73. The smallest absolute Gasteiger partial charge is 0.0129 e. The van der Waals surface area contributed by atoms with Gasteiger partial charge < -0.3 is 5.32 Å². The van der Waals surface area contributed by atoms with Crippen LogP contribution in [-0.4, -0.2) is 23.8 Å². The van der Waals surface area contributed by atoms with Crippen molar-refractivity contribution < 1.29 is 0 Å². The zero-order valence-corrected chi connectivity index (χ0v) is 12.3. The standard InChI is InChI=1S/C11H27NSi/c1-6-9(3)11(13,8-12-5)10(4)7-2/h9-10,12H,6-8H2,1-5,13H3. The average molecular weight is 201 g/mol. The fourth-order valence-electron chi connectivity index (χ4n) is 2.15. The SMILES string of the molecule is CCC(C)C([SiH3])(CNC)C(C)CC. The highest BCUT2D eigenvalue weighted by molar-refractivity contribution is 6.15. The minimum absolute atomic E-state index is 0.595. The van der Waals surface area contributed by atoms with E-state index in [1.165, 1.54) is 29.6 Å². The normalized spacial score (nSPS) is 21.0. The predicted molar refractivity (Wildman–Crippen MR) is 65.5 cm³/mol. The van der Waals surface area contributed by atoms with Crippen molar-refractivity contribution in [1.82, 2.24) is 5.32 Å². The highest BCUT2D eigenvalue weighted by Gasteiger charge is 2.33. The number of rotatable bonds is 6. The van der Waals surface area contributed by atoms with Crippen LogP contribution in [0.1, 0.15) is 40.5 Å². The van der Waals surface area contributed by atoms with Crippen molar-refractivity contribution in [3.8, 4) is 0 Å². The average Bonchev–Trinajstić information content (AvgIpc) is 2.15. The van der Waals surface area contributed by atoms with Crippen molar-refractivity contribution in [1.29, 1.82) is 0 Å². The molecule has 0 saturated heterocycles. The van der Waals surface area contributed by atoms with Crippen LogP contribution in [0.2, 0.25) is 5.04 Å². The van der Waals surface area contributed by atoms with Gasteiger partial charge in [-0.3, -0.25) is 0 Å². The van der Waals surface area contributed by atoms with Gasteiger partial charge in [-0.25, -0.2) is 0 Å². The maximum Gasteiger partial charge on any atom is 0.0129 e. The molecule has 0 rings (SSSR count). The highest BCUT2D eigenvalue weighted by atomic mass is 28.1. The Kier molecular flexibility index (Phi) is 5.89. The van der Waals surface area contributed by atoms with E-state index >= 15 is 0 Å². The molecule has 13 heavy (non-hydrogen) atoms. The Balaban J connectivity index is 4.50. The van der Waals surface area contributed by atoms with Crippen LogP contribution in [0.15, 0.2) is 0 Å². The molecule has 80 valence electrons. The molecule has 0 aliphatic carbocycles. The lowest BCUT2D eigenvalue weighted by Gasteiger charge is -2.40. The molecule has 2 heteroatoms. The van der Waals surface area contributed by atoms with Gasteiger partial charge in [0.1, 0.15) is 0 Å². The van der Waals surface area contributed by atoms with E-state index in [1.54, 1.807) is 0 Å². The van der Waals surface area contributed by atoms with Crippen molar-refractivity contribution >= 4 is 10.2 Å². The summed E-state index contributed by atoms with van der Waals surface area (Å²) in [4.78, 5) is 0. The Morgan fingerprint density at radius 1 is 1.15 bits per heavy atom. The van der Waals surface area contributed by atoms with E-state index in [4.69, 9.17) is 0 Å². The monoisotopic (exact) mass is 201 g/mol. The molecular formula is C11H27NSi. The molecule has 0 radical (unpaired) electrons. The first-order valence-electron chi connectivity index (χ1n) is 5.67. The summed E-state index contributed by atoms with van der Waals surface area (Å²) in [6.45, 7) is 10.7. The maximum atomic E-state index is 3.37. The summed E-state index contributed by atoms with van der Waals surface area (Å²) in [5.41, 5.74) is 0. The molecule has 1 N–H and O–H groups in total. The van der Waals surface area contributed by atoms with E-state index in [2.05, 4.69) is 40.1 Å². The van der Waals surface area contributed by atoms with Crippen molar-refractivity contribution in [3.63, 3.8) is 0 Å². The zero-order valence-electron chi connectivity index (χ0n) is 10.3. The molecule has 0 aromatic heterocycles. The molecule has 2 unspecified atom stereocenters. The molecule has 0 bridgehead atoms. The first-order chi connectivity index (χ1) is 6.02. The lowest BCUT2D eigenvalue weighted by molar-refractivity contribution is 0.260. The second-order valence-electron chi connectivity index (χ2n) is 4.65. The Hall–Kier alpha value is 0.177. The largest absolute Gasteiger partial charge is 0.319 e. The van der Waals surface area contributed by atoms with Crippen LogP contribution in [0, 0.1) is 11.8 Å². The van der Waals surface area contributed by atoms with Crippen molar-refractivity contribution in [2.45, 2.75) is 45.6 Å². The van der Waals surface area contributed by atoms with Crippen molar-refractivity contribution in [2.75, 3.05) is 13.6 Å². The summed E-state index contributed by atoms with van der Waals surface area (Å²) in [6, 6.07) is 0. The molecule has 1 nitrogen and oxygen atoms in total. The van der Waals surface area contributed by atoms with E-state index in [-0.39, 0.29) is 0 Å². The van der Waals surface area contributed by atoms with Crippen LogP contribution in [0.25, 0.3) is 0 Å². The van der Waals surface area contributed by atoms with Crippen LogP contribution in [0.3, 0.4) is 0 Å². The van der Waals surface area contributed by atoms with Gasteiger partial charge in [-0.05, 0) is 30.5 Å². The van der Waals surface area contributed by atoms with Gasteiger partial charge in [-0.2, -0.15) is 0 Å². The van der Waals surface area contributed by atoms with Gasteiger partial charge in [0.05, 0.1) is 0 Å². The van der Waals surface area contributed by atoms with Gasteiger partial charge in [0.15, 0.2) is 0 Å². The maximum absolute atomic E-state index is 3.37. The summed E-state index contributed by atoms with van der Waals surface area (Å²) >= 11 is 0. The van der Waals surface area contributed by atoms with E-state index in [0.717, 1.165) is 11.8 Å². The number of hydrogen-bond donors (Lipinski definition) is 1.